The quantitative estimate of drug-likeness (QED) is 0.718. The van der Waals surface area contributed by atoms with Gasteiger partial charge in [0.05, 0.1) is 18.4 Å². The lowest BCUT2D eigenvalue weighted by Crippen LogP contribution is -2.28. The van der Waals surface area contributed by atoms with Gasteiger partial charge in [-0.3, -0.25) is 0 Å². The molecular weight excluding hydrogens is 228 g/mol. The van der Waals surface area contributed by atoms with Crippen LogP contribution in [0.2, 0.25) is 0 Å². The molecule has 4 N–H and O–H groups in total. The first-order valence-corrected chi connectivity index (χ1v) is 6.66. The van der Waals surface area contributed by atoms with Crippen LogP contribution in [-0.4, -0.2) is 23.9 Å². The molecule has 1 aliphatic rings. The van der Waals surface area contributed by atoms with Gasteiger partial charge in [-0.2, -0.15) is 0 Å². The summed E-state index contributed by atoms with van der Waals surface area (Å²) in [6.07, 6.45) is 3.66. The molecule has 1 fully saturated rings. The van der Waals surface area contributed by atoms with Crippen molar-refractivity contribution in [3.8, 4) is 5.75 Å². The van der Waals surface area contributed by atoms with Crippen LogP contribution in [0.25, 0.3) is 0 Å². The Balaban J connectivity index is 1.98. The third-order valence-electron chi connectivity index (χ3n) is 3.38. The zero-order valence-electron chi connectivity index (χ0n) is 10.9. The van der Waals surface area contributed by atoms with Gasteiger partial charge in [0.25, 0.3) is 0 Å². The minimum Gasteiger partial charge on any atom is -0.492 e. The molecule has 4 heteroatoms. The predicted octanol–water partition coefficient (Wildman–Crippen LogP) is 2.38. The fourth-order valence-electron chi connectivity index (χ4n) is 2.36. The van der Waals surface area contributed by atoms with E-state index in [1.165, 1.54) is 0 Å². The summed E-state index contributed by atoms with van der Waals surface area (Å²) in [5.41, 5.74) is 7.55. The summed E-state index contributed by atoms with van der Waals surface area (Å²) >= 11 is 0. The molecule has 0 aliphatic heterocycles. The van der Waals surface area contributed by atoms with E-state index < -0.39 is 0 Å². The van der Waals surface area contributed by atoms with Crippen molar-refractivity contribution in [1.82, 2.24) is 0 Å². The van der Waals surface area contributed by atoms with Crippen molar-refractivity contribution in [1.29, 1.82) is 0 Å². The van der Waals surface area contributed by atoms with Crippen LogP contribution < -0.4 is 15.8 Å². The van der Waals surface area contributed by atoms with E-state index in [9.17, 15) is 5.11 Å². The fourth-order valence-corrected chi connectivity index (χ4v) is 2.36. The average Bonchev–Trinajstić information content (AvgIpc) is 2.37. The number of ether oxygens (including phenoxy) is 1. The Bertz CT molecular complexity index is 387. The van der Waals surface area contributed by atoms with Crippen LogP contribution in [0.15, 0.2) is 18.2 Å². The molecular formula is C14H22N2O2. The number of hydrogen-bond donors (Lipinski definition) is 3. The number of nitrogens with one attached hydrogen (secondary N) is 1. The molecule has 0 unspecified atom stereocenters. The van der Waals surface area contributed by atoms with Gasteiger partial charge in [-0.25, -0.2) is 0 Å². The number of nitrogen functional groups attached to an aromatic ring is 1. The van der Waals surface area contributed by atoms with Crippen molar-refractivity contribution in [2.24, 2.45) is 0 Å². The van der Waals surface area contributed by atoms with E-state index in [1.807, 2.05) is 25.1 Å². The summed E-state index contributed by atoms with van der Waals surface area (Å²) in [7, 11) is 0. The lowest BCUT2D eigenvalue weighted by molar-refractivity contribution is 0.126. The molecule has 1 saturated carbocycles. The van der Waals surface area contributed by atoms with E-state index in [-0.39, 0.29) is 6.10 Å². The minimum atomic E-state index is -0.117. The molecule has 1 aliphatic carbocycles. The fraction of sp³-hybridized carbons (Fsp3) is 0.571. The Morgan fingerprint density at radius 2 is 2.06 bits per heavy atom. The Kier molecular flexibility index (Phi) is 4.31. The molecule has 0 bridgehead atoms. The topological polar surface area (TPSA) is 67.5 Å². The Morgan fingerprint density at radius 1 is 1.33 bits per heavy atom. The highest BCUT2D eigenvalue weighted by atomic mass is 16.5. The second-order valence-corrected chi connectivity index (χ2v) is 4.84. The number of benzene rings is 1. The van der Waals surface area contributed by atoms with Crippen molar-refractivity contribution in [3.05, 3.63) is 18.2 Å². The number of anilines is 2. The Labute approximate surface area is 108 Å². The molecule has 0 heterocycles. The second kappa shape index (κ2) is 5.96. The van der Waals surface area contributed by atoms with Gasteiger partial charge in [-0.05, 0) is 44.7 Å². The smallest absolute Gasteiger partial charge is 0.144 e. The predicted molar refractivity (Wildman–Crippen MR) is 73.9 cm³/mol. The van der Waals surface area contributed by atoms with E-state index in [1.54, 1.807) is 0 Å². The molecule has 0 atom stereocenters. The molecule has 0 aromatic heterocycles. The minimum absolute atomic E-state index is 0.117. The first-order chi connectivity index (χ1) is 8.69. The monoisotopic (exact) mass is 250 g/mol. The number of aliphatic hydroxyl groups is 1. The summed E-state index contributed by atoms with van der Waals surface area (Å²) in [6.45, 7) is 2.56. The van der Waals surface area contributed by atoms with Crippen LogP contribution in [0.3, 0.4) is 0 Å². The molecule has 18 heavy (non-hydrogen) atoms. The molecule has 0 saturated heterocycles. The number of nitrogens with two attached hydrogens (primary N) is 1. The standard InChI is InChI=1S/C14H22N2O2/c1-2-18-14-9-11(5-8-13(14)15)16-10-3-6-12(17)7-4-10/h5,8-10,12,16-17H,2-4,6-7,15H2,1H3. The zero-order valence-corrected chi connectivity index (χ0v) is 10.9. The van der Waals surface area contributed by atoms with Crippen LogP contribution in [0.1, 0.15) is 32.6 Å². The van der Waals surface area contributed by atoms with Crippen LogP contribution in [-0.2, 0) is 0 Å². The molecule has 0 spiro atoms. The zero-order chi connectivity index (χ0) is 13.0. The maximum atomic E-state index is 9.48. The van der Waals surface area contributed by atoms with Gasteiger partial charge in [0.1, 0.15) is 5.75 Å². The van der Waals surface area contributed by atoms with Crippen LogP contribution >= 0.6 is 0 Å². The van der Waals surface area contributed by atoms with Gasteiger partial charge in [-0.15, -0.1) is 0 Å². The van der Waals surface area contributed by atoms with Crippen LogP contribution in [0, 0.1) is 0 Å². The van der Waals surface area contributed by atoms with Gasteiger partial charge in [0.15, 0.2) is 0 Å². The molecule has 1 aromatic rings. The average molecular weight is 250 g/mol. The van der Waals surface area contributed by atoms with Crippen LogP contribution in [0.5, 0.6) is 5.75 Å². The SMILES string of the molecule is CCOc1cc(NC2CCC(O)CC2)ccc1N. The first kappa shape index (κ1) is 13.0. The van der Waals surface area contributed by atoms with E-state index in [0.717, 1.165) is 37.1 Å². The summed E-state index contributed by atoms with van der Waals surface area (Å²) in [5, 5.41) is 13.0. The molecule has 100 valence electrons. The van der Waals surface area contributed by atoms with E-state index in [4.69, 9.17) is 10.5 Å². The van der Waals surface area contributed by atoms with Gasteiger partial charge >= 0.3 is 0 Å². The van der Waals surface area contributed by atoms with E-state index >= 15 is 0 Å². The third-order valence-corrected chi connectivity index (χ3v) is 3.38. The highest BCUT2D eigenvalue weighted by Gasteiger charge is 2.19. The summed E-state index contributed by atoms with van der Waals surface area (Å²) in [6, 6.07) is 6.23. The number of aliphatic hydroxyl groups excluding tert-OH is 1. The van der Waals surface area contributed by atoms with E-state index in [0.29, 0.717) is 18.3 Å². The lowest BCUT2D eigenvalue weighted by atomic mass is 9.93. The number of rotatable bonds is 4. The Hall–Kier alpha value is -1.42. The van der Waals surface area contributed by atoms with Crippen LogP contribution in [0.4, 0.5) is 11.4 Å². The van der Waals surface area contributed by atoms with Gasteiger partial charge < -0.3 is 20.9 Å². The summed E-state index contributed by atoms with van der Waals surface area (Å²) in [5.74, 6) is 0.735. The Morgan fingerprint density at radius 3 is 2.72 bits per heavy atom. The van der Waals surface area contributed by atoms with E-state index in [2.05, 4.69) is 5.32 Å². The molecule has 2 rings (SSSR count). The van der Waals surface area contributed by atoms with Crippen molar-refractivity contribution in [3.63, 3.8) is 0 Å². The summed E-state index contributed by atoms with van der Waals surface area (Å²) in [4.78, 5) is 0. The van der Waals surface area contributed by atoms with Crippen molar-refractivity contribution >= 4 is 11.4 Å². The van der Waals surface area contributed by atoms with Crippen molar-refractivity contribution < 1.29 is 9.84 Å². The second-order valence-electron chi connectivity index (χ2n) is 4.84. The largest absolute Gasteiger partial charge is 0.492 e. The van der Waals surface area contributed by atoms with Crippen molar-refractivity contribution in [2.45, 2.75) is 44.8 Å². The van der Waals surface area contributed by atoms with Gasteiger partial charge in [0.2, 0.25) is 0 Å². The molecule has 0 amide bonds. The normalized spacial score (nSPS) is 23.7. The summed E-state index contributed by atoms with van der Waals surface area (Å²) < 4.78 is 5.48. The van der Waals surface area contributed by atoms with Crippen molar-refractivity contribution in [2.75, 3.05) is 17.7 Å². The van der Waals surface area contributed by atoms with Gasteiger partial charge in [0, 0.05) is 17.8 Å². The first-order valence-electron chi connectivity index (χ1n) is 6.66. The molecule has 0 radical (unpaired) electrons. The van der Waals surface area contributed by atoms with Gasteiger partial charge in [-0.1, -0.05) is 0 Å². The third kappa shape index (κ3) is 3.29. The molecule has 1 aromatic carbocycles. The highest BCUT2D eigenvalue weighted by Crippen LogP contribution is 2.28. The number of hydrogen-bond acceptors (Lipinski definition) is 4. The maximum absolute atomic E-state index is 9.48. The molecule has 4 nitrogen and oxygen atoms in total. The maximum Gasteiger partial charge on any atom is 0.144 e. The lowest BCUT2D eigenvalue weighted by Gasteiger charge is -2.27. The highest BCUT2D eigenvalue weighted by molar-refractivity contribution is 5.61.